The predicted molar refractivity (Wildman–Crippen MR) is 135 cm³/mol. The lowest BCUT2D eigenvalue weighted by atomic mass is 10.4. The van der Waals surface area contributed by atoms with E-state index in [0.29, 0.717) is 0 Å². The molecule has 0 atom stereocenters. The summed E-state index contributed by atoms with van der Waals surface area (Å²) in [5, 5.41) is 2.41. The summed E-state index contributed by atoms with van der Waals surface area (Å²) in [6.45, 7) is 0. The molecule has 0 heterocycles. The summed E-state index contributed by atoms with van der Waals surface area (Å²) in [4.78, 5) is 0. The third kappa shape index (κ3) is 6.96. The largest absolute Gasteiger partial charge is 0.394 e. The van der Waals surface area contributed by atoms with Gasteiger partial charge in [0.05, 0.1) is 0 Å². The minimum atomic E-state index is -2.32. The number of hydrogen-bond donors (Lipinski definition) is 0. The highest BCUT2D eigenvalue weighted by Crippen LogP contribution is 2.27. The molecule has 0 N–H and O–H groups in total. The Labute approximate surface area is 191 Å². The molecule has 0 aliphatic rings. The molecule has 2 rings (SSSR count). The quantitative estimate of drug-likeness (QED) is 0.212. The van der Waals surface area contributed by atoms with Crippen molar-refractivity contribution in [2.75, 3.05) is 39.9 Å². The van der Waals surface area contributed by atoms with Gasteiger partial charge in [0.1, 0.15) is 0 Å². The molecular formula is C22H34O4S2Si2. The molecular weight excluding hydrogens is 449 g/mol. The van der Waals surface area contributed by atoms with Crippen molar-refractivity contribution in [2.45, 2.75) is 24.9 Å². The maximum absolute atomic E-state index is 5.90. The average molecular weight is 483 g/mol. The van der Waals surface area contributed by atoms with Crippen molar-refractivity contribution in [1.29, 1.82) is 0 Å². The lowest BCUT2D eigenvalue weighted by molar-refractivity contribution is 0.256. The minimum Gasteiger partial charge on any atom is -0.394 e. The lowest BCUT2D eigenvalue weighted by Crippen LogP contribution is -2.52. The molecule has 30 heavy (non-hydrogen) atoms. The Balaban J connectivity index is 1.71. The fraction of sp³-hybridized carbons (Fsp3) is 0.455. The molecule has 0 aromatic heterocycles. The average Bonchev–Trinajstić information content (AvgIpc) is 2.82. The molecule has 8 heteroatoms. The second kappa shape index (κ2) is 13.7. The van der Waals surface area contributed by atoms with Crippen molar-refractivity contribution >= 4 is 49.1 Å². The van der Waals surface area contributed by atoms with E-state index < -0.39 is 17.1 Å². The molecule has 0 saturated heterocycles. The number of hydrogen-bond acceptors (Lipinski definition) is 6. The van der Waals surface area contributed by atoms with E-state index in [4.69, 9.17) is 17.7 Å². The Morgan fingerprint density at radius 3 is 1.20 bits per heavy atom. The Hall–Kier alpha value is -0.586. The SMILES string of the molecule is CO[Si](CCCSSCCC[Si](OC)(OC)c1ccccc1)(OC)c1ccccc1. The zero-order valence-electron chi connectivity index (χ0n) is 18.5. The predicted octanol–water partition coefficient (Wildman–Crippen LogP) is 4.43. The maximum atomic E-state index is 5.90. The van der Waals surface area contributed by atoms with Crippen LogP contribution < -0.4 is 10.4 Å². The summed E-state index contributed by atoms with van der Waals surface area (Å²) in [7, 11) is 6.34. The second-order valence-corrected chi connectivity index (χ2v) is 16.4. The first-order valence-electron chi connectivity index (χ1n) is 10.2. The van der Waals surface area contributed by atoms with Gasteiger partial charge in [-0.1, -0.05) is 82.3 Å². The summed E-state index contributed by atoms with van der Waals surface area (Å²) in [6.07, 6.45) is 2.17. The summed E-state index contributed by atoms with van der Waals surface area (Å²) >= 11 is 0. The monoisotopic (exact) mass is 482 g/mol. The van der Waals surface area contributed by atoms with Crippen LogP contribution in [0.15, 0.2) is 60.7 Å². The number of rotatable bonds is 15. The van der Waals surface area contributed by atoms with E-state index in [0.717, 1.165) is 36.4 Å². The summed E-state index contributed by atoms with van der Waals surface area (Å²) < 4.78 is 23.6. The molecule has 2 aromatic carbocycles. The van der Waals surface area contributed by atoms with Crippen molar-refractivity contribution < 1.29 is 17.7 Å². The fourth-order valence-corrected chi connectivity index (χ4v) is 11.6. The first-order chi connectivity index (χ1) is 14.7. The van der Waals surface area contributed by atoms with E-state index in [1.165, 1.54) is 10.4 Å². The molecule has 0 spiro atoms. The van der Waals surface area contributed by atoms with Crippen LogP contribution in [0.4, 0.5) is 0 Å². The van der Waals surface area contributed by atoms with E-state index in [9.17, 15) is 0 Å². The highest BCUT2D eigenvalue weighted by Gasteiger charge is 2.38. The van der Waals surface area contributed by atoms with E-state index in [2.05, 4.69) is 48.5 Å². The molecule has 0 aliphatic carbocycles. The zero-order chi connectivity index (χ0) is 21.7. The van der Waals surface area contributed by atoms with Crippen LogP contribution in [0.3, 0.4) is 0 Å². The molecule has 0 amide bonds. The molecule has 166 valence electrons. The third-order valence-corrected chi connectivity index (χ3v) is 15.0. The molecule has 0 bridgehead atoms. The number of benzene rings is 2. The van der Waals surface area contributed by atoms with Gasteiger partial charge in [-0.05, 0) is 35.3 Å². The van der Waals surface area contributed by atoms with Gasteiger partial charge in [-0.15, -0.1) is 0 Å². The fourth-order valence-electron chi connectivity index (χ4n) is 3.56. The Morgan fingerprint density at radius 1 is 0.567 bits per heavy atom. The molecule has 0 unspecified atom stereocenters. The van der Waals surface area contributed by atoms with Gasteiger partial charge < -0.3 is 17.7 Å². The van der Waals surface area contributed by atoms with Crippen LogP contribution in [0.2, 0.25) is 12.1 Å². The van der Waals surface area contributed by atoms with E-state index in [1.807, 2.05) is 33.7 Å². The van der Waals surface area contributed by atoms with Crippen molar-refractivity contribution in [2.24, 2.45) is 0 Å². The van der Waals surface area contributed by atoms with Gasteiger partial charge in [-0.3, -0.25) is 0 Å². The molecule has 0 aliphatic heterocycles. The molecule has 2 aromatic rings. The zero-order valence-corrected chi connectivity index (χ0v) is 22.1. The highest BCUT2D eigenvalue weighted by atomic mass is 33.1. The molecule has 4 nitrogen and oxygen atoms in total. The van der Waals surface area contributed by atoms with E-state index >= 15 is 0 Å². The first kappa shape index (κ1) is 25.7. The smallest absolute Gasteiger partial charge is 0.372 e. The third-order valence-electron chi connectivity index (χ3n) is 5.30. The minimum absolute atomic E-state index is 0.967. The van der Waals surface area contributed by atoms with Gasteiger partial charge in [-0.2, -0.15) is 0 Å². The van der Waals surface area contributed by atoms with E-state index in [1.54, 1.807) is 28.4 Å². The van der Waals surface area contributed by atoms with Crippen molar-refractivity contribution in [3.05, 3.63) is 60.7 Å². The van der Waals surface area contributed by atoms with E-state index in [-0.39, 0.29) is 0 Å². The van der Waals surface area contributed by atoms with Gasteiger partial charge in [0.25, 0.3) is 0 Å². The van der Waals surface area contributed by atoms with Gasteiger partial charge >= 0.3 is 17.1 Å². The molecule has 0 saturated carbocycles. The summed E-state index contributed by atoms with van der Waals surface area (Å²) in [5.74, 6) is 2.18. The highest BCUT2D eigenvalue weighted by molar-refractivity contribution is 8.76. The molecule has 0 fully saturated rings. The van der Waals surface area contributed by atoms with Crippen molar-refractivity contribution in [3.63, 3.8) is 0 Å². The lowest BCUT2D eigenvalue weighted by Gasteiger charge is -2.28. The van der Waals surface area contributed by atoms with Gasteiger partial charge in [0, 0.05) is 39.9 Å². The van der Waals surface area contributed by atoms with Gasteiger partial charge in [0.15, 0.2) is 0 Å². The van der Waals surface area contributed by atoms with Crippen molar-refractivity contribution in [1.82, 2.24) is 0 Å². The van der Waals surface area contributed by atoms with Crippen LogP contribution in [-0.4, -0.2) is 57.1 Å². The standard InChI is InChI=1S/C22H34O4S2Si2/c1-23-29(24-2,21-13-7-5-8-14-21)19-11-17-27-28-18-12-20-30(25-3,26-4)22-15-9-6-10-16-22/h5-10,13-16H,11-12,17-20H2,1-4H3. The van der Waals surface area contributed by atoms with Crippen LogP contribution >= 0.6 is 21.6 Å². The normalized spacial score (nSPS) is 12.3. The Bertz CT molecular complexity index is 637. The maximum Gasteiger partial charge on any atom is 0.372 e. The van der Waals surface area contributed by atoms with Crippen LogP contribution in [0.1, 0.15) is 12.8 Å². The first-order valence-corrected chi connectivity index (χ1v) is 16.8. The van der Waals surface area contributed by atoms with Crippen LogP contribution in [0.25, 0.3) is 0 Å². The summed E-state index contributed by atoms with van der Waals surface area (Å²) in [6, 6.07) is 22.7. The van der Waals surface area contributed by atoms with Crippen molar-refractivity contribution in [3.8, 4) is 0 Å². The Kier molecular flexibility index (Phi) is 11.8. The van der Waals surface area contributed by atoms with Crippen LogP contribution in [0.5, 0.6) is 0 Å². The van der Waals surface area contributed by atoms with Crippen LogP contribution in [-0.2, 0) is 17.7 Å². The van der Waals surface area contributed by atoms with Gasteiger partial charge in [0.2, 0.25) is 0 Å². The summed E-state index contributed by atoms with van der Waals surface area (Å²) in [5.41, 5.74) is 0. The second-order valence-electron chi connectivity index (χ2n) is 6.91. The Morgan fingerprint density at radius 2 is 0.900 bits per heavy atom. The molecule has 0 radical (unpaired) electrons. The van der Waals surface area contributed by atoms with Crippen LogP contribution in [0, 0.1) is 0 Å². The van der Waals surface area contributed by atoms with Gasteiger partial charge in [-0.25, -0.2) is 0 Å². The topological polar surface area (TPSA) is 36.9 Å².